The first kappa shape index (κ1) is 52.1. The third-order valence-corrected chi connectivity index (χ3v) is 15.9. The molecule has 2 rings (SSSR count). The Hall–Kier alpha value is -0.00935. The molecule has 0 amide bonds. The van der Waals surface area contributed by atoms with Crippen molar-refractivity contribution in [2.45, 2.75) is 216 Å². The molecule has 0 spiro atoms. The fourth-order valence-corrected chi connectivity index (χ4v) is 9.19. The molecule has 2 aliphatic rings. The highest BCUT2D eigenvalue weighted by atomic mass is 28.3. The SMILES string of the molecule is CCCC[C@H](O)[C@@H](CC/C=C\[C@@H](OCOCC[Si](C)(C)C)[C@H]1CC[C@H]([C@H]2CC[C@H]([C@@H](CCCCCO)OCOCC[Si](C)(C)C)O2)O1)OCOCC[Si](C)(C)C. The smallest absolute Gasteiger partial charge is 0.147 e. The number of aliphatic hydroxyl groups is 2. The normalized spacial score (nSPS) is 23.3. The van der Waals surface area contributed by atoms with Gasteiger partial charge in [0.15, 0.2) is 0 Å². The molecule has 2 heterocycles. The van der Waals surface area contributed by atoms with Crippen LogP contribution in [-0.4, -0.2) is 130 Å². The number of rotatable bonds is 34. The van der Waals surface area contributed by atoms with Crippen molar-refractivity contribution in [3.63, 3.8) is 0 Å². The van der Waals surface area contributed by atoms with E-state index in [1.54, 1.807) is 0 Å². The van der Waals surface area contributed by atoms with E-state index in [9.17, 15) is 10.2 Å². The van der Waals surface area contributed by atoms with E-state index in [4.69, 9.17) is 37.9 Å². The van der Waals surface area contributed by atoms with Gasteiger partial charge in [-0.2, -0.15) is 0 Å². The minimum Gasteiger partial charge on any atom is -0.396 e. The Balaban J connectivity index is 2.00. The van der Waals surface area contributed by atoms with Gasteiger partial charge in [0.2, 0.25) is 0 Å². The molecule has 0 aromatic heterocycles. The van der Waals surface area contributed by atoms with Gasteiger partial charge in [0.05, 0.1) is 42.7 Å². The first-order valence-corrected chi connectivity index (χ1v) is 33.5. The van der Waals surface area contributed by atoms with Crippen molar-refractivity contribution in [2.24, 2.45) is 0 Å². The van der Waals surface area contributed by atoms with Crippen LogP contribution < -0.4 is 0 Å². The van der Waals surface area contributed by atoms with Crippen LogP contribution in [0.25, 0.3) is 0 Å². The third-order valence-electron chi connectivity index (χ3n) is 10.8. The molecule has 2 N–H and O–H groups in total. The molecule has 0 bridgehead atoms. The lowest BCUT2D eigenvalue weighted by Gasteiger charge is -2.27. The minimum absolute atomic E-state index is 0.00721. The molecule has 0 unspecified atom stereocenters. The van der Waals surface area contributed by atoms with Gasteiger partial charge < -0.3 is 48.1 Å². The summed E-state index contributed by atoms with van der Waals surface area (Å²) < 4.78 is 50.0. The highest BCUT2D eigenvalue weighted by Crippen LogP contribution is 2.35. The standard InChI is InChI=1S/C43H88O10Si3/c1-11-12-18-36(45)37(49-33-46-27-30-54(2,3)4)19-15-16-21-39(51-35-48-29-32-56(8,9)10)41-23-25-43(53-41)42-24-22-40(52-42)38(20-14-13-17-26-44)50-34-47-28-31-55(5,6)7/h16,21,36-45H,11-15,17-20,22-35H2,1-10H3/b21-16-/t36-,37+,38+,39+,40+,41+,42+,43+/m0/s1. The van der Waals surface area contributed by atoms with Gasteiger partial charge in [-0.3, -0.25) is 0 Å². The van der Waals surface area contributed by atoms with Crippen molar-refractivity contribution < 1.29 is 48.1 Å². The van der Waals surface area contributed by atoms with Gasteiger partial charge >= 0.3 is 0 Å². The zero-order valence-electron chi connectivity index (χ0n) is 37.7. The first-order chi connectivity index (χ1) is 26.5. The molecule has 0 saturated carbocycles. The van der Waals surface area contributed by atoms with Gasteiger partial charge in [0, 0.05) is 50.6 Å². The molecule has 13 heteroatoms. The van der Waals surface area contributed by atoms with E-state index < -0.39 is 30.3 Å². The topological polar surface area (TPSA) is 114 Å². The first-order valence-electron chi connectivity index (χ1n) is 22.4. The van der Waals surface area contributed by atoms with Crippen molar-refractivity contribution in [1.29, 1.82) is 0 Å². The maximum atomic E-state index is 11.0. The van der Waals surface area contributed by atoms with Gasteiger partial charge in [-0.15, -0.1) is 0 Å². The van der Waals surface area contributed by atoms with Crippen LogP contribution in [0.2, 0.25) is 77.1 Å². The molecule has 8 atom stereocenters. The second kappa shape index (κ2) is 28.5. The summed E-state index contributed by atoms with van der Waals surface area (Å²) in [5.41, 5.74) is 0. The van der Waals surface area contributed by atoms with Gasteiger partial charge in [-0.1, -0.05) is 104 Å². The van der Waals surface area contributed by atoms with Gasteiger partial charge in [-0.25, -0.2) is 0 Å². The van der Waals surface area contributed by atoms with E-state index in [0.717, 1.165) is 102 Å². The van der Waals surface area contributed by atoms with Crippen molar-refractivity contribution >= 4 is 24.2 Å². The molecule has 0 radical (unpaired) electrons. The summed E-state index contributed by atoms with van der Waals surface area (Å²) in [6.07, 6.45) is 14.8. The highest BCUT2D eigenvalue weighted by Gasteiger charge is 2.41. The average Bonchev–Trinajstić information content (AvgIpc) is 3.80. The predicted molar refractivity (Wildman–Crippen MR) is 237 cm³/mol. The lowest BCUT2D eigenvalue weighted by Crippen LogP contribution is -2.35. The van der Waals surface area contributed by atoms with Gasteiger partial charge in [-0.05, 0) is 75.9 Å². The quantitative estimate of drug-likeness (QED) is 0.0281. The Morgan fingerprint density at radius 1 is 0.625 bits per heavy atom. The van der Waals surface area contributed by atoms with Crippen molar-refractivity contribution in [3.05, 3.63) is 12.2 Å². The van der Waals surface area contributed by atoms with Crippen molar-refractivity contribution in [1.82, 2.24) is 0 Å². The summed E-state index contributed by atoms with van der Waals surface area (Å²) >= 11 is 0. The van der Waals surface area contributed by atoms with Crippen LogP contribution in [0.5, 0.6) is 0 Å². The van der Waals surface area contributed by atoms with Gasteiger partial charge in [0.1, 0.15) is 26.5 Å². The van der Waals surface area contributed by atoms with E-state index >= 15 is 0 Å². The maximum Gasteiger partial charge on any atom is 0.147 e. The number of hydrogen-bond acceptors (Lipinski definition) is 10. The zero-order chi connectivity index (χ0) is 41.5. The zero-order valence-corrected chi connectivity index (χ0v) is 40.7. The molecule has 56 heavy (non-hydrogen) atoms. The summed E-state index contributed by atoms with van der Waals surface area (Å²) in [6, 6.07) is 3.31. The highest BCUT2D eigenvalue weighted by molar-refractivity contribution is 6.76. The van der Waals surface area contributed by atoms with Crippen LogP contribution in [0.4, 0.5) is 0 Å². The summed E-state index contributed by atoms with van der Waals surface area (Å²) in [5, 5.41) is 20.3. The van der Waals surface area contributed by atoms with E-state index in [0.29, 0.717) is 26.4 Å². The molecule has 2 fully saturated rings. The Morgan fingerprint density at radius 3 is 1.71 bits per heavy atom. The fourth-order valence-electron chi connectivity index (χ4n) is 6.92. The number of allylic oxidation sites excluding steroid dienone is 1. The Bertz CT molecular complexity index is 1000. The maximum absolute atomic E-state index is 11.0. The summed E-state index contributed by atoms with van der Waals surface area (Å²) in [5.74, 6) is 0. The van der Waals surface area contributed by atoms with E-state index in [1.807, 2.05) is 0 Å². The molecular weight excluding hydrogens is 761 g/mol. The van der Waals surface area contributed by atoms with Gasteiger partial charge in [0.25, 0.3) is 0 Å². The second-order valence-electron chi connectivity index (χ2n) is 19.9. The summed E-state index contributed by atoms with van der Waals surface area (Å²) in [6.45, 7) is 26.4. The number of ether oxygens (including phenoxy) is 8. The number of unbranched alkanes of at least 4 members (excludes halogenated alkanes) is 3. The fraction of sp³-hybridized carbons (Fsp3) is 0.953. The van der Waals surface area contributed by atoms with E-state index in [2.05, 4.69) is 78.0 Å². The number of aliphatic hydroxyl groups excluding tert-OH is 2. The second-order valence-corrected chi connectivity index (χ2v) is 36.8. The Labute approximate surface area is 346 Å². The largest absolute Gasteiger partial charge is 0.396 e. The summed E-state index contributed by atoms with van der Waals surface area (Å²) in [4.78, 5) is 0. The van der Waals surface area contributed by atoms with Crippen LogP contribution >= 0.6 is 0 Å². The van der Waals surface area contributed by atoms with Crippen LogP contribution in [-0.2, 0) is 37.9 Å². The van der Waals surface area contributed by atoms with Crippen LogP contribution in [0, 0.1) is 0 Å². The molecule has 2 aliphatic heterocycles. The molecule has 2 saturated heterocycles. The van der Waals surface area contributed by atoms with Crippen LogP contribution in [0.15, 0.2) is 12.2 Å². The van der Waals surface area contributed by atoms with Crippen LogP contribution in [0.3, 0.4) is 0 Å². The Morgan fingerprint density at radius 2 is 1.16 bits per heavy atom. The van der Waals surface area contributed by atoms with E-state index in [-0.39, 0.29) is 62.9 Å². The Kier molecular flexibility index (Phi) is 26.5. The van der Waals surface area contributed by atoms with E-state index in [1.165, 1.54) is 0 Å². The number of hydrogen-bond donors (Lipinski definition) is 2. The lowest BCUT2D eigenvalue weighted by molar-refractivity contribution is -0.156. The molecular formula is C43H88O10Si3. The van der Waals surface area contributed by atoms with Crippen LogP contribution in [0.1, 0.15) is 90.4 Å². The molecule has 0 aromatic carbocycles. The predicted octanol–water partition coefficient (Wildman–Crippen LogP) is 9.61. The van der Waals surface area contributed by atoms with Crippen molar-refractivity contribution in [3.8, 4) is 0 Å². The third kappa shape index (κ3) is 24.9. The minimum atomic E-state index is -1.20. The molecule has 10 nitrogen and oxygen atoms in total. The lowest BCUT2D eigenvalue weighted by atomic mass is 10.0. The molecule has 0 aliphatic carbocycles. The molecule has 0 aromatic rings. The summed E-state index contributed by atoms with van der Waals surface area (Å²) in [7, 11) is -3.54. The monoisotopic (exact) mass is 849 g/mol. The van der Waals surface area contributed by atoms with Crippen molar-refractivity contribution in [2.75, 3.05) is 46.8 Å². The molecule has 332 valence electrons. The average molecular weight is 849 g/mol.